The molecule has 2 N–H and O–H groups in total. The van der Waals surface area contributed by atoms with E-state index >= 15 is 0 Å². The van der Waals surface area contributed by atoms with Crippen LogP contribution < -0.4 is 20.2 Å². The van der Waals surface area contributed by atoms with Crippen LogP contribution >= 0.6 is 28.1 Å². The number of halogens is 1. The van der Waals surface area contributed by atoms with Gasteiger partial charge in [-0.25, -0.2) is 0 Å². The first-order valence-electron chi connectivity index (χ1n) is 6.28. The molecule has 8 heteroatoms. The second kappa shape index (κ2) is 7.58. The number of benzene rings is 1. The van der Waals surface area contributed by atoms with Crippen molar-refractivity contribution in [2.45, 2.75) is 13.0 Å². The zero-order valence-electron chi connectivity index (χ0n) is 11.7. The average molecular weight is 374 g/mol. The van der Waals surface area contributed by atoms with E-state index in [1.165, 1.54) is 0 Å². The van der Waals surface area contributed by atoms with Gasteiger partial charge in [-0.05, 0) is 52.8 Å². The highest BCUT2D eigenvalue weighted by molar-refractivity contribution is 9.10. The minimum atomic E-state index is 0.116. The van der Waals surface area contributed by atoms with E-state index in [4.69, 9.17) is 26.4 Å². The molecule has 1 aliphatic rings. The van der Waals surface area contributed by atoms with Gasteiger partial charge in [0.25, 0.3) is 0 Å². The molecule has 0 amide bonds. The maximum atomic E-state index is 5.34. The van der Waals surface area contributed by atoms with Gasteiger partial charge < -0.3 is 19.5 Å². The number of hydrazone groups is 1. The summed E-state index contributed by atoms with van der Waals surface area (Å²) in [7, 11) is 1.64. The summed E-state index contributed by atoms with van der Waals surface area (Å²) in [5, 5.41) is 7.57. The fraction of sp³-hybridized carbons (Fsp3) is 0.385. The molecular formula is C13H16BrN3O3S. The van der Waals surface area contributed by atoms with Gasteiger partial charge in [0.05, 0.1) is 17.3 Å². The van der Waals surface area contributed by atoms with E-state index in [0.29, 0.717) is 23.2 Å². The first-order chi connectivity index (χ1) is 10.1. The Morgan fingerprint density at radius 1 is 1.57 bits per heavy atom. The Balaban J connectivity index is 1.90. The van der Waals surface area contributed by atoms with Crippen LogP contribution in [-0.4, -0.2) is 37.9 Å². The van der Waals surface area contributed by atoms with Crippen LogP contribution in [0.5, 0.6) is 11.5 Å². The molecule has 114 valence electrons. The van der Waals surface area contributed by atoms with Gasteiger partial charge in [0.15, 0.2) is 16.6 Å². The van der Waals surface area contributed by atoms with Gasteiger partial charge in [-0.2, -0.15) is 5.10 Å². The minimum Gasteiger partial charge on any atom is -0.454 e. The second-order valence-electron chi connectivity index (χ2n) is 4.44. The fourth-order valence-corrected chi connectivity index (χ4v) is 2.60. The zero-order valence-corrected chi connectivity index (χ0v) is 14.1. The monoisotopic (exact) mass is 373 g/mol. The molecule has 0 saturated carbocycles. The maximum Gasteiger partial charge on any atom is 0.231 e. The van der Waals surface area contributed by atoms with E-state index in [0.717, 1.165) is 10.0 Å². The molecule has 0 radical (unpaired) electrons. The SMILES string of the molecule is COC[C@@H](C)NC(=S)N/N=C\c1cc(Br)c2c(c1)OCO2. The minimum absolute atomic E-state index is 0.116. The van der Waals surface area contributed by atoms with E-state index in [1.54, 1.807) is 13.3 Å². The summed E-state index contributed by atoms with van der Waals surface area (Å²) in [6.07, 6.45) is 1.65. The summed E-state index contributed by atoms with van der Waals surface area (Å²) in [4.78, 5) is 0. The molecule has 0 aromatic heterocycles. The molecule has 0 fully saturated rings. The van der Waals surface area contributed by atoms with Crippen molar-refractivity contribution in [3.05, 3.63) is 22.2 Å². The van der Waals surface area contributed by atoms with Gasteiger partial charge in [-0.1, -0.05) is 0 Å². The molecule has 1 aromatic carbocycles. The highest BCUT2D eigenvalue weighted by atomic mass is 79.9. The summed E-state index contributed by atoms with van der Waals surface area (Å²) in [5.74, 6) is 1.41. The number of hydrogen-bond donors (Lipinski definition) is 2. The van der Waals surface area contributed by atoms with Crippen molar-refractivity contribution in [3.8, 4) is 11.5 Å². The molecular weight excluding hydrogens is 358 g/mol. The molecule has 1 aliphatic heterocycles. The first-order valence-corrected chi connectivity index (χ1v) is 7.48. The number of thiocarbonyl (C=S) groups is 1. The average Bonchev–Trinajstić information content (AvgIpc) is 2.87. The van der Waals surface area contributed by atoms with Crippen molar-refractivity contribution >= 4 is 39.5 Å². The number of rotatable bonds is 5. The zero-order chi connectivity index (χ0) is 15.2. The quantitative estimate of drug-likeness (QED) is 0.467. The number of hydrogen-bond acceptors (Lipinski definition) is 5. The molecule has 2 rings (SSSR count). The Morgan fingerprint density at radius 3 is 3.14 bits per heavy atom. The lowest BCUT2D eigenvalue weighted by Crippen LogP contribution is -2.40. The lowest BCUT2D eigenvalue weighted by molar-refractivity contribution is 0.173. The molecule has 1 aromatic rings. The van der Waals surface area contributed by atoms with Crippen molar-refractivity contribution in [2.24, 2.45) is 5.10 Å². The fourth-order valence-electron chi connectivity index (χ4n) is 1.78. The van der Waals surface area contributed by atoms with Crippen LogP contribution in [0.2, 0.25) is 0 Å². The van der Waals surface area contributed by atoms with Crippen molar-refractivity contribution in [1.82, 2.24) is 10.7 Å². The summed E-state index contributed by atoms with van der Waals surface area (Å²) >= 11 is 8.55. The molecule has 1 heterocycles. The predicted octanol–water partition coefficient (Wildman–Crippen LogP) is 2.01. The smallest absolute Gasteiger partial charge is 0.231 e. The van der Waals surface area contributed by atoms with Crippen molar-refractivity contribution in [3.63, 3.8) is 0 Å². The van der Waals surface area contributed by atoms with Gasteiger partial charge in [0, 0.05) is 13.2 Å². The van der Waals surface area contributed by atoms with E-state index < -0.39 is 0 Å². The van der Waals surface area contributed by atoms with Gasteiger partial charge in [0.1, 0.15) is 0 Å². The third-order valence-electron chi connectivity index (χ3n) is 2.62. The van der Waals surface area contributed by atoms with Crippen LogP contribution in [0, 0.1) is 0 Å². The van der Waals surface area contributed by atoms with Crippen LogP contribution in [0.15, 0.2) is 21.7 Å². The third-order valence-corrected chi connectivity index (χ3v) is 3.42. The van der Waals surface area contributed by atoms with E-state index in [9.17, 15) is 0 Å². The van der Waals surface area contributed by atoms with E-state index in [2.05, 4.69) is 31.8 Å². The van der Waals surface area contributed by atoms with Crippen LogP contribution in [0.4, 0.5) is 0 Å². The van der Waals surface area contributed by atoms with Gasteiger partial charge in [-0.3, -0.25) is 5.43 Å². The van der Waals surface area contributed by atoms with E-state index in [-0.39, 0.29) is 12.8 Å². The Hall–Kier alpha value is -1.38. The molecule has 6 nitrogen and oxygen atoms in total. The number of fused-ring (bicyclic) bond motifs is 1. The summed E-state index contributed by atoms with van der Waals surface area (Å²) in [5.41, 5.74) is 3.62. The van der Waals surface area contributed by atoms with Gasteiger partial charge >= 0.3 is 0 Å². The molecule has 1 atom stereocenters. The first kappa shape index (κ1) is 16.0. The summed E-state index contributed by atoms with van der Waals surface area (Å²) in [6.45, 7) is 2.77. The normalized spacial score (nSPS) is 14.2. The molecule has 0 unspecified atom stereocenters. The third kappa shape index (κ3) is 4.55. The van der Waals surface area contributed by atoms with Crippen molar-refractivity contribution in [2.75, 3.05) is 20.5 Å². The Kier molecular flexibility index (Phi) is 5.77. The van der Waals surface area contributed by atoms with Crippen molar-refractivity contribution in [1.29, 1.82) is 0 Å². The Morgan fingerprint density at radius 2 is 2.38 bits per heavy atom. The predicted molar refractivity (Wildman–Crippen MR) is 88.1 cm³/mol. The van der Waals surface area contributed by atoms with Crippen molar-refractivity contribution < 1.29 is 14.2 Å². The molecule has 21 heavy (non-hydrogen) atoms. The number of nitrogens with one attached hydrogen (secondary N) is 2. The standard InChI is InChI=1S/C13H16BrN3O3S/c1-8(6-18-2)16-13(21)17-15-5-9-3-10(14)12-11(4-9)19-7-20-12/h3-5,8H,6-7H2,1-2H3,(H2,16,17,21)/b15-5-/t8-/m1/s1. The molecule has 0 aliphatic carbocycles. The largest absolute Gasteiger partial charge is 0.454 e. The number of ether oxygens (including phenoxy) is 3. The van der Waals surface area contributed by atoms with Crippen LogP contribution in [0.25, 0.3) is 0 Å². The highest BCUT2D eigenvalue weighted by Crippen LogP contribution is 2.39. The Bertz CT molecular complexity index is 554. The lowest BCUT2D eigenvalue weighted by atomic mass is 10.2. The van der Waals surface area contributed by atoms with Crippen LogP contribution in [0.1, 0.15) is 12.5 Å². The Labute approximate surface area is 137 Å². The second-order valence-corrected chi connectivity index (χ2v) is 5.70. The van der Waals surface area contributed by atoms with Gasteiger partial charge in [0.2, 0.25) is 6.79 Å². The summed E-state index contributed by atoms with van der Waals surface area (Å²) < 4.78 is 16.5. The van der Waals surface area contributed by atoms with Gasteiger partial charge in [-0.15, -0.1) is 0 Å². The highest BCUT2D eigenvalue weighted by Gasteiger charge is 2.17. The van der Waals surface area contributed by atoms with Crippen LogP contribution in [0.3, 0.4) is 0 Å². The lowest BCUT2D eigenvalue weighted by Gasteiger charge is -2.13. The molecule has 0 spiro atoms. The maximum absolute atomic E-state index is 5.34. The molecule has 0 saturated heterocycles. The summed E-state index contributed by atoms with van der Waals surface area (Å²) in [6, 6.07) is 3.86. The molecule has 0 bridgehead atoms. The number of methoxy groups -OCH3 is 1. The number of nitrogens with zero attached hydrogens (tertiary/aromatic N) is 1. The topological polar surface area (TPSA) is 64.1 Å². The van der Waals surface area contributed by atoms with E-state index in [1.807, 2.05) is 19.1 Å². The van der Waals surface area contributed by atoms with Crippen LogP contribution in [-0.2, 0) is 4.74 Å².